The van der Waals surface area contributed by atoms with Gasteiger partial charge in [-0.25, -0.2) is 0 Å². The number of amides is 1. The monoisotopic (exact) mass is 283 g/mol. The molecule has 1 saturated heterocycles. The van der Waals surface area contributed by atoms with Crippen molar-refractivity contribution in [2.75, 3.05) is 33.3 Å². The highest BCUT2D eigenvalue weighted by Gasteiger charge is 2.35. The van der Waals surface area contributed by atoms with Gasteiger partial charge in [0.1, 0.15) is 0 Å². The van der Waals surface area contributed by atoms with Crippen molar-refractivity contribution in [1.29, 1.82) is 0 Å². The lowest BCUT2D eigenvalue weighted by molar-refractivity contribution is -0.141. The zero-order valence-electron chi connectivity index (χ0n) is 12.6. The second-order valence-electron chi connectivity index (χ2n) is 6.34. The van der Waals surface area contributed by atoms with E-state index in [1.807, 2.05) is 4.90 Å². The first kappa shape index (κ1) is 15.7. The molecular formula is C15H29N3O2. The van der Waals surface area contributed by atoms with E-state index in [0.717, 1.165) is 51.6 Å². The highest BCUT2D eigenvalue weighted by atomic mass is 16.3. The molecular weight excluding hydrogens is 254 g/mol. The number of aliphatic hydroxyl groups excluding tert-OH is 1. The van der Waals surface area contributed by atoms with E-state index >= 15 is 0 Å². The topological polar surface area (TPSA) is 69.8 Å². The summed E-state index contributed by atoms with van der Waals surface area (Å²) in [6.45, 7) is 2.55. The Balaban J connectivity index is 2.01. The summed E-state index contributed by atoms with van der Waals surface area (Å²) in [6, 6.07) is 0.281. The van der Waals surface area contributed by atoms with Crippen molar-refractivity contribution in [2.45, 2.75) is 50.6 Å². The highest BCUT2D eigenvalue weighted by molar-refractivity contribution is 5.80. The van der Waals surface area contributed by atoms with Crippen LogP contribution >= 0.6 is 0 Å². The number of rotatable bonds is 4. The van der Waals surface area contributed by atoms with Crippen LogP contribution in [0.5, 0.6) is 0 Å². The SMILES string of the molecule is CN1CCC(N(CCO)C(=O)C2CCCCC2N)CC1. The highest BCUT2D eigenvalue weighted by Crippen LogP contribution is 2.27. The molecule has 1 saturated carbocycles. The summed E-state index contributed by atoms with van der Waals surface area (Å²) < 4.78 is 0. The van der Waals surface area contributed by atoms with Crippen molar-refractivity contribution >= 4 is 5.91 Å². The Kier molecular flexibility index (Phi) is 5.81. The van der Waals surface area contributed by atoms with E-state index in [-0.39, 0.29) is 30.5 Å². The van der Waals surface area contributed by atoms with Gasteiger partial charge in [-0.2, -0.15) is 0 Å². The fourth-order valence-corrected chi connectivity index (χ4v) is 3.57. The van der Waals surface area contributed by atoms with Crippen LogP contribution in [0.3, 0.4) is 0 Å². The Morgan fingerprint density at radius 1 is 1.25 bits per heavy atom. The molecule has 5 nitrogen and oxygen atoms in total. The Hall–Kier alpha value is -0.650. The normalized spacial score (nSPS) is 29.4. The lowest BCUT2D eigenvalue weighted by Gasteiger charge is -2.40. The van der Waals surface area contributed by atoms with Gasteiger partial charge in [0.25, 0.3) is 0 Å². The van der Waals surface area contributed by atoms with Gasteiger partial charge in [0.2, 0.25) is 5.91 Å². The molecule has 1 aliphatic carbocycles. The zero-order valence-corrected chi connectivity index (χ0v) is 12.6. The van der Waals surface area contributed by atoms with Gasteiger partial charge in [-0.3, -0.25) is 4.79 Å². The third kappa shape index (κ3) is 3.71. The van der Waals surface area contributed by atoms with Crippen LogP contribution in [0.4, 0.5) is 0 Å². The van der Waals surface area contributed by atoms with Crippen LogP contribution < -0.4 is 5.73 Å². The van der Waals surface area contributed by atoms with Crippen LogP contribution in [0.25, 0.3) is 0 Å². The smallest absolute Gasteiger partial charge is 0.227 e. The first-order valence-corrected chi connectivity index (χ1v) is 7.99. The van der Waals surface area contributed by atoms with Gasteiger partial charge in [0.15, 0.2) is 0 Å². The fourth-order valence-electron chi connectivity index (χ4n) is 3.57. The molecule has 5 heteroatoms. The van der Waals surface area contributed by atoms with Gasteiger partial charge >= 0.3 is 0 Å². The summed E-state index contributed by atoms with van der Waals surface area (Å²) in [7, 11) is 2.12. The molecule has 2 unspecified atom stereocenters. The average molecular weight is 283 g/mol. The summed E-state index contributed by atoms with van der Waals surface area (Å²) >= 11 is 0. The first-order valence-electron chi connectivity index (χ1n) is 7.99. The molecule has 1 aliphatic heterocycles. The maximum absolute atomic E-state index is 12.8. The molecule has 2 aliphatic rings. The van der Waals surface area contributed by atoms with Crippen LogP contribution in [0.1, 0.15) is 38.5 Å². The molecule has 20 heavy (non-hydrogen) atoms. The van der Waals surface area contributed by atoms with Crippen LogP contribution in [-0.4, -0.2) is 66.2 Å². The molecule has 0 aromatic carbocycles. The summed E-state index contributed by atoms with van der Waals surface area (Å²) in [4.78, 5) is 17.0. The van der Waals surface area contributed by atoms with E-state index in [2.05, 4.69) is 11.9 Å². The van der Waals surface area contributed by atoms with Crippen molar-refractivity contribution in [3.63, 3.8) is 0 Å². The number of nitrogens with two attached hydrogens (primary N) is 1. The Bertz CT molecular complexity index is 316. The minimum atomic E-state index is -0.0324. The Labute approximate surface area is 122 Å². The van der Waals surface area contributed by atoms with Crippen LogP contribution in [0.2, 0.25) is 0 Å². The summed E-state index contributed by atoms with van der Waals surface area (Å²) in [5.74, 6) is 0.149. The lowest BCUT2D eigenvalue weighted by atomic mass is 9.83. The van der Waals surface area contributed by atoms with Gasteiger partial charge in [-0.15, -0.1) is 0 Å². The first-order chi connectivity index (χ1) is 9.63. The van der Waals surface area contributed by atoms with E-state index in [1.54, 1.807) is 0 Å². The quantitative estimate of drug-likeness (QED) is 0.784. The molecule has 1 heterocycles. The molecule has 0 spiro atoms. The van der Waals surface area contributed by atoms with Crippen molar-refractivity contribution in [3.05, 3.63) is 0 Å². The molecule has 0 aromatic rings. The van der Waals surface area contributed by atoms with Gasteiger partial charge in [-0.05, 0) is 45.8 Å². The maximum atomic E-state index is 12.8. The number of nitrogens with zero attached hydrogens (tertiary/aromatic N) is 2. The van der Waals surface area contributed by atoms with Gasteiger partial charge < -0.3 is 20.6 Å². The average Bonchev–Trinajstić information content (AvgIpc) is 2.46. The second-order valence-corrected chi connectivity index (χ2v) is 6.34. The number of carbonyl (C=O) groups is 1. The van der Waals surface area contributed by atoms with Gasteiger partial charge in [0.05, 0.1) is 12.5 Å². The number of aliphatic hydroxyl groups is 1. The number of piperidine rings is 1. The molecule has 0 bridgehead atoms. The van der Waals surface area contributed by atoms with E-state index in [1.165, 1.54) is 0 Å². The Morgan fingerprint density at radius 3 is 2.50 bits per heavy atom. The molecule has 1 amide bonds. The van der Waals surface area contributed by atoms with Gasteiger partial charge in [0, 0.05) is 18.6 Å². The largest absolute Gasteiger partial charge is 0.395 e. The summed E-state index contributed by atoms with van der Waals surface area (Å²) in [5, 5.41) is 9.30. The minimum absolute atomic E-state index is 0.00343. The van der Waals surface area contributed by atoms with E-state index in [4.69, 9.17) is 5.73 Å². The predicted molar refractivity (Wildman–Crippen MR) is 79.3 cm³/mol. The van der Waals surface area contributed by atoms with E-state index < -0.39 is 0 Å². The molecule has 2 rings (SSSR count). The van der Waals surface area contributed by atoms with Crippen molar-refractivity contribution in [2.24, 2.45) is 11.7 Å². The van der Waals surface area contributed by atoms with Crippen LogP contribution in [-0.2, 0) is 4.79 Å². The molecule has 116 valence electrons. The minimum Gasteiger partial charge on any atom is -0.395 e. The number of hydrogen-bond donors (Lipinski definition) is 2. The lowest BCUT2D eigenvalue weighted by Crippen LogP contribution is -2.52. The molecule has 0 aromatic heterocycles. The maximum Gasteiger partial charge on any atom is 0.227 e. The molecule has 2 fully saturated rings. The number of hydrogen-bond acceptors (Lipinski definition) is 4. The summed E-state index contributed by atoms with van der Waals surface area (Å²) in [6.07, 6.45) is 6.11. The van der Waals surface area contributed by atoms with Crippen LogP contribution in [0, 0.1) is 5.92 Å². The third-order valence-corrected chi connectivity index (χ3v) is 4.89. The number of carbonyl (C=O) groups excluding carboxylic acids is 1. The molecule has 2 atom stereocenters. The molecule has 3 N–H and O–H groups in total. The third-order valence-electron chi connectivity index (χ3n) is 4.89. The zero-order chi connectivity index (χ0) is 14.5. The van der Waals surface area contributed by atoms with Crippen molar-refractivity contribution < 1.29 is 9.90 Å². The Morgan fingerprint density at radius 2 is 1.90 bits per heavy atom. The summed E-state index contributed by atoms with van der Waals surface area (Å²) in [5.41, 5.74) is 6.15. The molecule has 0 radical (unpaired) electrons. The standard InChI is InChI=1S/C15H29N3O2/c1-17-8-6-12(7-9-17)18(10-11-19)15(20)13-4-2-3-5-14(13)16/h12-14,19H,2-11,16H2,1H3. The van der Waals surface area contributed by atoms with Crippen molar-refractivity contribution in [3.8, 4) is 0 Å². The van der Waals surface area contributed by atoms with Gasteiger partial charge in [-0.1, -0.05) is 12.8 Å². The predicted octanol–water partition coefficient (Wildman–Crippen LogP) is 0.419. The fraction of sp³-hybridized carbons (Fsp3) is 0.933. The number of likely N-dealkylation sites (tertiary alicyclic amines) is 1. The van der Waals surface area contributed by atoms with E-state index in [0.29, 0.717) is 6.54 Å². The van der Waals surface area contributed by atoms with E-state index in [9.17, 15) is 9.90 Å². The van der Waals surface area contributed by atoms with Crippen LogP contribution in [0.15, 0.2) is 0 Å². The second kappa shape index (κ2) is 7.38. The van der Waals surface area contributed by atoms with Crippen molar-refractivity contribution in [1.82, 2.24) is 9.80 Å².